The van der Waals surface area contributed by atoms with Crippen LogP contribution in [0.15, 0.2) is 24.3 Å². The molecule has 2 aliphatic heterocycles. The van der Waals surface area contributed by atoms with E-state index in [2.05, 4.69) is 5.32 Å². The van der Waals surface area contributed by atoms with Crippen LogP contribution in [0.4, 0.5) is 4.79 Å². The molecule has 3 amide bonds. The minimum atomic E-state index is -1.15. The van der Waals surface area contributed by atoms with Crippen molar-refractivity contribution in [3.8, 4) is 5.75 Å². The maximum atomic E-state index is 13.1. The Bertz CT molecular complexity index is 768. The second kappa shape index (κ2) is 8.18. The fourth-order valence-corrected chi connectivity index (χ4v) is 3.79. The number of benzene rings is 1. The van der Waals surface area contributed by atoms with E-state index in [-0.39, 0.29) is 24.5 Å². The number of esters is 1. The number of hydrogen-bond donors (Lipinski definition) is 1. The number of carbonyl (C=O) groups is 3. The van der Waals surface area contributed by atoms with Crippen molar-refractivity contribution in [3.63, 3.8) is 0 Å². The van der Waals surface area contributed by atoms with E-state index in [4.69, 9.17) is 9.47 Å². The summed E-state index contributed by atoms with van der Waals surface area (Å²) in [5.41, 5.74) is -0.488. The Morgan fingerprint density at radius 3 is 2.86 bits per heavy atom. The Morgan fingerprint density at radius 1 is 1.36 bits per heavy atom. The monoisotopic (exact) mass is 389 g/mol. The maximum Gasteiger partial charge on any atom is 0.326 e. The van der Waals surface area contributed by atoms with Gasteiger partial charge in [-0.05, 0) is 50.9 Å². The van der Waals surface area contributed by atoms with Gasteiger partial charge in [0.2, 0.25) is 0 Å². The van der Waals surface area contributed by atoms with Gasteiger partial charge in [0.25, 0.3) is 5.91 Å². The summed E-state index contributed by atoms with van der Waals surface area (Å²) >= 11 is 0. The van der Waals surface area contributed by atoms with Crippen LogP contribution in [0.25, 0.3) is 0 Å². The number of amides is 3. The first-order chi connectivity index (χ1) is 13.4. The van der Waals surface area contributed by atoms with Crippen molar-refractivity contribution in [2.75, 3.05) is 33.5 Å². The lowest BCUT2D eigenvalue weighted by atomic mass is 9.92. The molecule has 0 saturated carbocycles. The highest BCUT2D eigenvalue weighted by Crippen LogP contribution is 2.31. The second-order valence-electron chi connectivity index (χ2n) is 7.33. The summed E-state index contributed by atoms with van der Waals surface area (Å²) < 4.78 is 10.4. The third kappa shape index (κ3) is 3.82. The lowest BCUT2D eigenvalue weighted by molar-refractivity contribution is -0.150. The number of imide groups is 1. The van der Waals surface area contributed by atoms with E-state index in [0.717, 1.165) is 19.4 Å². The predicted octanol–water partition coefficient (Wildman–Crippen LogP) is 1.69. The molecule has 28 heavy (non-hydrogen) atoms. The number of nitrogens with one attached hydrogen (secondary N) is 1. The highest BCUT2D eigenvalue weighted by atomic mass is 16.5. The van der Waals surface area contributed by atoms with E-state index >= 15 is 0 Å². The SMILES string of the molecule is CCOC(=O)[C@H]1CCCN(CN2C(=O)N[C@](C)(c3cccc(OC)c3)C2=O)C1. The van der Waals surface area contributed by atoms with Crippen molar-refractivity contribution in [3.05, 3.63) is 29.8 Å². The van der Waals surface area contributed by atoms with Crippen LogP contribution in [-0.2, 0) is 19.9 Å². The zero-order valence-electron chi connectivity index (χ0n) is 16.6. The van der Waals surface area contributed by atoms with Gasteiger partial charge in [-0.3, -0.25) is 14.5 Å². The van der Waals surface area contributed by atoms with Crippen LogP contribution in [0, 0.1) is 5.92 Å². The molecule has 0 aromatic heterocycles. The molecule has 1 aromatic carbocycles. The molecule has 2 atom stereocenters. The van der Waals surface area contributed by atoms with Gasteiger partial charge in [0, 0.05) is 6.54 Å². The van der Waals surface area contributed by atoms with Crippen molar-refractivity contribution in [2.45, 2.75) is 32.2 Å². The molecule has 2 aliphatic rings. The number of ether oxygens (including phenoxy) is 2. The third-order valence-corrected chi connectivity index (χ3v) is 5.39. The Morgan fingerprint density at radius 2 is 2.14 bits per heavy atom. The highest BCUT2D eigenvalue weighted by Gasteiger charge is 2.49. The average molecular weight is 389 g/mol. The van der Waals surface area contributed by atoms with E-state index in [1.165, 1.54) is 4.90 Å². The van der Waals surface area contributed by atoms with E-state index in [1.54, 1.807) is 45.2 Å². The molecule has 1 N–H and O–H groups in total. The highest BCUT2D eigenvalue weighted by molar-refractivity contribution is 6.07. The fraction of sp³-hybridized carbons (Fsp3) is 0.550. The molecule has 152 valence electrons. The first kappa shape index (κ1) is 20.1. The average Bonchev–Trinajstić information content (AvgIpc) is 2.92. The normalized spacial score (nSPS) is 25.5. The van der Waals surface area contributed by atoms with Crippen molar-refractivity contribution >= 4 is 17.9 Å². The molecule has 2 heterocycles. The summed E-state index contributed by atoms with van der Waals surface area (Å²) in [6, 6.07) is 6.68. The van der Waals surface area contributed by atoms with Gasteiger partial charge in [-0.15, -0.1) is 0 Å². The van der Waals surface area contributed by atoms with Crippen molar-refractivity contribution in [1.29, 1.82) is 0 Å². The van der Waals surface area contributed by atoms with Gasteiger partial charge in [-0.25, -0.2) is 9.69 Å². The van der Waals surface area contributed by atoms with Gasteiger partial charge in [-0.1, -0.05) is 12.1 Å². The molecule has 0 spiro atoms. The number of likely N-dealkylation sites (tertiary alicyclic amines) is 1. The van der Waals surface area contributed by atoms with Gasteiger partial charge in [-0.2, -0.15) is 0 Å². The summed E-state index contributed by atoms with van der Waals surface area (Å²) in [6.45, 7) is 5.18. The quantitative estimate of drug-likeness (QED) is 0.588. The van der Waals surface area contributed by atoms with Gasteiger partial charge in [0.05, 0.1) is 26.3 Å². The second-order valence-corrected chi connectivity index (χ2v) is 7.33. The van der Waals surface area contributed by atoms with Gasteiger partial charge >= 0.3 is 12.0 Å². The smallest absolute Gasteiger partial charge is 0.326 e. The van der Waals surface area contributed by atoms with Crippen molar-refractivity contribution in [1.82, 2.24) is 15.1 Å². The molecule has 2 fully saturated rings. The number of methoxy groups -OCH3 is 1. The zero-order chi connectivity index (χ0) is 20.3. The topological polar surface area (TPSA) is 88.2 Å². The van der Waals surface area contributed by atoms with Crippen LogP contribution < -0.4 is 10.1 Å². The van der Waals surface area contributed by atoms with E-state index in [0.29, 0.717) is 24.5 Å². The summed E-state index contributed by atoms with van der Waals surface area (Å²) in [6.07, 6.45) is 1.58. The number of piperidine rings is 1. The molecule has 8 heteroatoms. The lowest BCUT2D eigenvalue weighted by Gasteiger charge is -2.33. The van der Waals surface area contributed by atoms with Crippen LogP contribution in [0.3, 0.4) is 0 Å². The van der Waals surface area contributed by atoms with Gasteiger partial charge in [0.1, 0.15) is 11.3 Å². The third-order valence-electron chi connectivity index (χ3n) is 5.39. The molecule has 0 unspecified atom stereocenters. The van der Waals surface area contributed by atoms with E-state index in [1.807, 2.05) is 4.90 Å². The number of hydrogen-bond acceptors (Lipinski definition) is 6. The van der Waals surface area contributed by atoms with Crippen molar-refractivity contribution < 1.29 is 23.9 Å². The summed E-state index contributed by atoms with van der Waals surface area (Å²) in [4.78, 5) is 40.9. The molecule has 8 nitrogen and oxygen atoms in total. The van der Waals surface area contributed by atoms with Crippen LogP contribution in [0.5, 0.6) is 5.75 Å². The fourth-order valence-electron chi connectivity index (χ4n) is 3.79. The standard InChI is InChI=1S/C20H27N3O5/c1-4-28-17(24)14-7-6-10-22(12-14)13-23-18(25)20(2,21-19(23)26)15-8-5-9-16(11-15)27-3/h5,8-9,11,14H,4,6-7,10,12-13H2,1-3H3,(H,21,26)/t14-,20+/m0/s1. The van der Waals surface area contributed by atoms with Crippen LogP contribution in [-0.4, -0.2) is 61.2 Å². The number of nitrogens with zero attached hydrogens (tertiary/aromatic N) is 2. The number of rotatable bonds is 6. The van der Waals surface area contributed by atoms with E-state index in [9.17, 15) is 14.4 Å². The largest absolute Gasteiger partial charge is 0.497 e. The lowest BCUT2D eigenvalue weighted by Crippen LogP contribution is -2.48. The van der Waals surface area contributed by atoms with Gasteiger partial charge < -0.3 is 14.8 Å². The molecule has 0 bridgehead atoms. The number of urea groups is 1. The van der Waals surface area contributed by atoms with E-state index < -0.39 is 11.6 Å². The molecule has 2 saturated heterocycles. The molecule has 0 aliphatic carbocycles. The predicted molar refractivity (Wildman–Crippen MR) is 102 cm³/mol. The Kier molecular flexibility index (Phi) is 5.88. The summed E-state index contributed by atoms with van der Waals surface area (Å²) in [5, 5.41) is 2.81. The minimum Gasteiger partial charge on any atom is -0.497 e. The molecular weight excluding hydrogens is 362 g/mol. The molecular formula is C20H27N3O5. The van der Waals surface area contributed by atoms with Crippen LogP contribution in [0.1, 0.15) is 32.3 Å². The zero-order valence-corrected chi connectivity index (χ0v) is 16.6. The molecule has 0 radical (unpaired) electrons. The maximum absolute atomic E-state index is 13.1. The Balaban J connectivity index is 1.72. The van der Waals surface area contributed by atoms with Gasteiger partial charge in [0.15, 0.2) is 0 Å². The van der Waals surface area contributed by atoms with Crippen LogP contribution >= 0.6 is 0 Å². The van der Waals surface area contributed by atoms with Crippen molar-refractivity contribution in [2.24, 2.45) is 5.92 Å². The number of carbonyl (C=O) groups excluding carboxylic acids is 3. The summed E-state index contributed by atoms with van der Waals surface area (Å²) in [5.74, 6) is -0.138. The molecule has 1 aromatic rings. The Hall–Kier alpha value is -2.61. The van der Waals surface area contributed by atoms with Crippen LogP contribution in [0.2, 0.25) is 0 Å². The summed E-state index contributed by atoms with van der Waals surface area (Å²) in [7, 11) is 1.55. The minimum absolute atomic E-state index is 0.153. The Labute approximate surface area is 164 Å². The molecule has 3 rings (SSSR count). The first-order valence-electron chi connectivity index (χ1n) is 9.56. The first-order valence-corrected chi connectivity index (χ1v) is 9.56.